The summed E-state index contributed by atoms with van der Waals surface area (Å²) in [6.07, 6.45) is 1.27. The fraction of sp³-hybridized carbons (Fsp3) is 0.562. The lowest BCUT2D eigenvalue weighted by Crippen LogP contribution is -2.52. The lowest BCUT2D eigenvalue weighted by Gasteiger charge is -2.39. The Morgan fingerprint density at radius 2 is 2.25 bits per heavy atom. The minimum absolute atomic E-state index is 0.0843. The van der Waals surface area contributed by atoms with E-state index < -0.39 is 11.4 Å². The number of hydrogen-bond acceptors (Lipinski definition) is 5. The van der Waals surface area contributed by atoms with Crippen molar-refractivity contribution in [3.63, 3.8) is 0 Å². The third kappa shape index (κ3) is 4.33. The Morgan fingerprint density at radius 1 is 1.46 bits per heavy atom. The van der Waals surface area contributed by atoms with Crippen LogP contribution in [0, 0.1) is 5.41 Å². The number of nitrogens with zero attached hydrogens (tertiary/aromatic N) is 1. The summed E-state index contributed by atoms with van der Waals surface area (Å²) in [7, 11) is 1.46. The zero-order valence-electron chi connectivity index (χ0n) is 13.6. The fourth-order valence-electron chi connectivity index (χ4n) is 2.91. The van der Waals surface area contributed by atoms with Gasteiger partial charge in [0.2, 0.25) is 5.91 Å². The first kappa shape index (κ1) is 18.4. The molecule has 8 heteroatoms. The highest BCUT2D eigenvalue weighted by atomic mass is 32.1. The zero-order chi connectivity index (χ0) is 17.6. The van der Waals surface area contributed by atoms with E-state index in [9.17, 15) is 19.5 Å². The average molecular weight is 354 g/mol. The molecule has 2 rings (SSSR count). The summed E-state index contributed by atoms with van der Waals surface area (Å²) < 4.78 is 5.05. The number of carbonyl (C=O) groups is 3. The van der Waals surface area contributed by atoms with Crippen molar-refractivity contribution in [2.75, 3.05) is 33.4 Å². The molecule has 2 heterocycles. The van der Waals surface area contributed by atoms with E-state index in [1.807, 2.05) is 5.38 Å². The molecular weight excluding hydrogens is 332 g/mol. The summed E-state index contributed by atoms with van der Waals surface area (Å²) in [6.45, 7) is 0.999. The summed E-state index contributed by atoms with van der Waals surface area (Å²) in [5.41, 5.74) is -0.460. The Balaban J connectivity index is 1.85. The number of aliphatic carboxylic acids is 1. The van der Waals surface area contributed by atoms with Crippen LogP contribution in [0.5, 0.6) is 0 Å². The van der Waals surface area contributed by atoms with Gasteiger partial charge in [0.05, 0.1) is 6.61 Å². The lowest BCUT2D eigenvalue weighted by atomic mass is 9.80. The molecule has 1 unspecified atom stereocenters. The number of methoxy groups -OCH3 is 1. The molecule has 0 aromatic carbocycles. The molecule has 0 bridgehead atoms. The molecule has 7 nitrogen and oxygen atoms in total. The van der Waals surface area contributed by atoms with Gasteiger partial charge in [-0.15, -0.1) is 0 Å². The summed E-state index contributed by atoms with van der Waals surface area (Å²) in [4.78, 5) is 37.3. The maximum Gasteiger partial charge on any atom is 0.313 e. The second kappa shape index (κ2) is 8.25. The minimum Gasteiger partial charge on any atom is -0.481 e. The molecule has 0 aliphatic carbocycles. The van der Waals surface area contributed by atoms with E-state index in [2.05, 4.69) is 5.32 Å². The van der Waals surface area contributed by atoms with Crippen LogP contribution >= 0.6 is 11.3 Å². The summed E-state index contributed by atoms with van der Waals surface area (Å²) in [6, 6.07) is 1.72. The first-order valence-corrected chi connectivity index (χ1v) is 8.73. The van der Waals surface area contributed by atoms with Gasteiger partial charge in [0.15, 0.2) is 0 Å². The first-order valence-electron chi connectivity index (χ1n) is 7.79. The number of carbonyl (C=O) groups excluding carboxylic acids is 2. The van der Waals surface area contributed by atoms with Crippen molar-refractivity contribution in [2.24, 2.45) is 5.41 Å². The number of amides is 2. The summed E-state index contributed by atoms with van der Waals surface area (Å²) in [5, 5.41) is 15.8. The molecule has 132 valence electrons. The van der Waals surface area contributed by atoms with E-state index >= 15 is 0 Å². The van der Waals surface area contributed by atoms with Crippen molar-refractivity contribution in [2.45, 2.75) is 19.3 Å². The van der Waals surface area contributed by atoms with Crippen LogP contribution in [-0.4, -0.2) is 61.1 Å². The van der Waals surface area contributed by atoms with Gasteiger partial charge < -0.3 is 20.1 Å². The first-order chi connectivity index (χ1) is 11.5. The smallest absolute Gasteiger partial charge is 0.313 e. The topological polar surface area (TPSA) is 95.9 Å². The maximum absolute atomic E-state index is 12.3. The lowest BCUT2D eigenvalue weighted by molar-refractivity contribution is -0.159. The monoisotopic (exact) mass is 354 g/mol. The van der Waals surface area contributed by atoms with E-state index in [1.165, 1.54) is 18.4 Å². The number of carboxylic acid groups (broad SMARTS) is 1. The highest BCUT2D eigenvalue weighted by molar-refractivity contribution is 7.08. The molecule has 0 saturated carbocycles. The predicted molar refractivity (Wildman–Crippen MR) is 89.0 cm³/mol. The van der Waals surface area contributed by atoms with Crippen LogP contribution in [0.2, 0.25) is 0 Å². The van der Waals surface area contributed by atoms with Crippen LogP contribution in [0.1, 0.15) is 29.6 Å². The van der Waals surface area contributed by atoms with Crippen LogP contribution in [0.3, 0.4) is 0 Å². The number of nitrogens with one attached hydrogen (secondary N) is 1. The Kier molecular flexibility index (Phi) is 6.33. The number of piperidine rings is 1. The maximum atomic E-state index is 12.3. The second-order valence-corrected chi connectivity index (χ2v) is 6.74. The second-order valence-electron chi connectivity index (χ2n) is 5.96. The molecule has 24 heavy (non-hydrogen) atoms. The van der Waals surface area contributed by atoms with Crippen LogP contribution in [0.25, 0.3) is 0 Å². The van der Waals surface area contributed by atoms with Crippen molar-refractivity contribution in [1.82, 2.24) is 10.2 Å². The van der Waals surface area contributed by atoms with E-state index in [1.54, 1.807) is 16.3 Å². The average Bonchev–Trinajstić information content (AvgIpc) is 3.09. The molecule has 1 aromatic heterocycles. The Bertz CT molecular complexity index is 585. The summed E-state index contributed by atoms with van der Waals surface area (Å²) in [5.74, 6) is -1.29. The third-order valence-corrected chi connectivity index (χ3v) is 4.89. The van der Waals surface area contributed by atoms with Crippen LogP contribution < -0.4 is 5.32 Å². The molecule has 0 radical (unpaired) electrons. The molecule has 1 aromatic rings. The van der Waals surface area contributed by atoms with Gasteiger partial charge in [-0.2, -0.15) is 11.3 Å². The van der Waals surface area contributed by atoms with Gasteiger partial charge >= 0.3 is 5.97 Å². The Morgan fingerprint density at radius 3 is 2.88 bits per heavy atom. The standard InChI is InChI=1S/C16H22N2O5S/c1-23-11-16(15(21)22)5-2-7-18(10-16)13(19)3-6-17-14(20)12-4-8-24-9-12/h4,8-9H,2-3,5-7,10-11H2,1H3,(H,17,20)(H,21,22). The predicted octanol–water partition coefficient (Wildman–Crippen LogP) is 1.21. The van der Waals surface area contributed by atoms with Gasteiger partial charge in [0.1, 0.15) is 5.41 Å². The van der Waals surface area contributed by atoms with Crippen LogP contribution in [-0.2, 0) is 14.3 Å². The zero-order valence-corrected chi connectivity index (χ0v) is 14.4. The Labute approximate surface area is 144 Å². The van der Waals surface area contributed by atoms with E-state index in [0.29, 0.717) is 24.9 Å². The number of hydrogen-bond donors (Lipinski definition) is 2. The van der Waals surface area contributed by atoms with E-state index in [-0.39, 0.29) is 37.9 Å². The van der Waals surface area contributed by atoms with Crippen molar-refractivity contribution in [1.29, 1.82) is 0 Å². The van der Waals surface area contributed by atoms with Crippen LogP contribution in [0.15, 0.2) is 16.8 Å². The van der Waals surface area contributed by atoms with Gasteiger partial charge in [-0.3, -0.25) is 14.4 Å². The number of ether oxygens (including phenoxy) is 1. The minimum atomic E-state index is -1.04. The van der Waals surface area contributed by atoms with Crippen molar-refractivity contribution >= 4 is 29.1 Å². The van der Waals surface area contributed by atoms with Gasteiger partial charge in [-0.05, 0) is 24.3 Å². The van der Waals surface area contributed by atoms with Crippen LogP contribution in [0.4, 0.5) is 0 Å². The molecule has 2 amide bonds. The van der Waals surface area contributed by atoms with E-state index in [4.69, 9.17) is 4.74 Å². The number of carboxylic acids is 1. The molecule has 1 saturated heterocycles. The Hall–Kier alpha value is -1.93. The fourth-order valence-corrected chi connectivity index (χ4v) is 3.55. The molecule has 2 N–H and O–H groups in total. The van der Waals surface area contributed by atoms with Gasteiger partial charge in [-0.25, -0.2) is 0 Å². The highest BCUT2D eigenvalue weighted by Crippen LogP contribution is 2.31. The SMILES string of the molecule is COCC1(C(=O)O)CCCN(C(=O)CCNC(=O)c2ccsc2)C1. The molecule has 1 atom stereocenters. The third-order valence-electron chi connectivity index (χ3n) is 4.21. The molecular formula is C16H22N2O5S. The van der Waals surface area contributed by atoms with Crippen molar-refractivity contribution < 1.29 is 24.2 Å². The van der Waals surface area contributed by atoms with Gasteiger partial charge in [-0.1, -0.05) is 0 Å². The van der Waals surface area contributed by atoms with Gasteiger partial charge in [0, 0.05) is 44.1 Å². The molecule has 0 spiro atoms. The molecule has 1 aliphatic rings. The summed E-state index contributed by atoms with van der Waals surface area (Å²) >= 11 is 1.43. The molecule has 1 aliphatic heterocycles. The largest absolute Gasteiger partial charge is 0.481 e. The normalized spacial score (nSPS) is 20.6. The highest BCUT2D eigenvalue weighted by Gasteiger charge is 2.43. The van der Waals surface area contributed by atoms with E-state index in [0.717, 1.165) is 0 Å². The molecule has 1 fully saturated rings. The number of thiophene rings is 1. The quantitative estimate of drug-likeness (QED) is 0.767. The van der Waals surface area contributed by atoms with Crippen molar-refractivity contribution in [3.05, 3.63) is 22.4 Å². The van der Waals surface area contributed by atoms with Crippen molar-refractivity contribution in [3.8, 4) is 0 Å². The van der Waals surface area contributed by atoms with Gasteiger partial charge in [0.25, 0.3) is 5.91 Å². The number of rotatable bonds is 7. The number of likely N-dealkylation sites (tertiary alicyclic amines) is 1.